The van der Waals surface area contributed by atoms with Crippen LogP contribution in [0.5, 0.6) is 0 Å². The van der Waals surface area contributed by atoms with Gasteiger partial charge in [-0.25, -0.2) is 4.39 Å². The molecule has 90 valence electrons. The molecule has 2 rings (SSSR count). The predicted octanol–water partition coefficient (Wildman–Crippen LogP) is 1.39. The first-order chi connectivity index (χ1) is 8.06. The third kappa shape index (κ3) is 2.86. The highest BCUT2D eigenvalue weighted by molar-refractivity contribution is 9.10. The summed E-state index contributed by atoms with van der Waals surface area (Å²) in [6, 6.07) is 4.14. The first-order valence-corrected chi connectivity index (χ1v) is 5.71. The lowest BCUT2D eigenvalue weighted by Crippen LogP contribution is -2.05. The van der Waals surface area contributed by atoms with E-state index in [-0.39, 0.29) is 12.2 Å². The van der Waals surface area contributed by atoms with Crippen LogP contribution in [0.25, 0.3) is 0 Å². The molecule has 5 nitrogen and oxygen atoms in total. The lowest BCUT2D eigenvalue weighted by atomic mass is 10.1. The van der Waals surface area contributed by atoms with Crippen LogP contribution in [0, 0.1) is 5.82 Å². The van der Waals surface area contributed by atoms with Crippen LogP contribution in [0.1, 0.15) is 17.5 Å². The number of aromatic nitrogens is 4. The zero-order valence-corrected chi connectivity index (χ0v) is 10.6. The van der Waals surface area contributed by atoms with Gasteiger partial charge in [-0.15, -0.1) is 10.2 Å². The van der Waals surface area contributed by atoms with E-state index in [0.717, 1.165) is 0 Å². The summed E-state index contributed by atoms with van der Waals surface area (Å²) in [7, 11) is 1.65. The Hall–Kier alpha value is -1.34. The van der Waals surface area contributed by atoms with Gasteiger partial charge in [0.15, 0.2) is 5.82 Å². The Morgan fingerprint density at radius 1 is 1.53 bits per heavy atom. The first kappa shape index (κ1) is 12.1. The van der Waals surface area contributed by atoms with Crippen molar-refractivity contribution in [2.45, 2.75) is 12.5 Å². The number of aryl methyl sites for hydroxylation is 1. The van der Waals surface area contributed by atoms with E-state index >= 15 is 0 Å². The fourth-order valence-corrected chi connectivity index (χ4v) is 2.07. The van der Waals surface area contributed by atoms with Crippen LogP contribution < -0.4 is 0 Å². The van der Waals surface area contributed by atoms with Gasteiger partial charge in [-0.05, 0) is 22.9 Å². The molecule has 0 aliphatic heterocycles. The standard InChI is InChI=1S/C10H10BrFN4O/c1-16-14-10(13-15-16)5-9(17)7-3-2-6(12)4-8(7)11/h2-4,9,17H,5H2,1H3. The average molecular weight is 301 g/mol. The topological polar surface area (TPSA) is 63.8 Å². The molecule has 7 heteroatoms. The number of benzene rings is 1. The molecule has 1 N–H and O–H groups in total. The summed E-state index contributed by atoms with van der Waals surface area (Å²) in [5.74, 6) is 0.0849. The molecule has 1 heterocycles. The maximum Gasteiger partial charge on any atom is 0.177 e. The molecule has 17 heavy (non-hydrogen) atoms. The molecule has 0 saturated heterocycles. The Bertz CT molecular complexity index is 531. The summed E-state index contributed by atoms with van der Waals surface area (Å²) in [6.07, 6.45) is -0.563. The summed E-state index contributed by atoms with van der Waals surface area (Å²) in [4.78, 5) is 1.32. The van der Waals surface area contributed by atoms with Crippen LogP contribution >= 0.6 is 15.9 Å². The minimum atomic E-state index is -0.797. The van der Waals surface area contributed by atoms with Crippen molar-refractivity contribution < 1.29 is 9.50 Å². The molecule has 1 atom stereocenters. The van der Waals surface area contributed by atoms with Gasteiger partial charge in [0.2, 0.25) is 0 Å². The maximum atomic E-state index is 12.9. The lowest BCUT2D eigenvalue weighted by molar-refractivity contribution is 0.175. The Morgan fingerprint density at radius 2 is 2.29 bits per heavy atom. The van der Waals surface area contributed by atoms with E-state index in [0.29, 0.717) is 15.9 Å². The SMILES string of the molecule is Cn1nnc(CC(O)c2ccc(F)cc2Br)n1. The minimum absolute atomic E-state index is 0.234. The number of tetrazole rings is 1. The van der Waals surface area contributed by atoms with Crippen molar-refractivity contribution in [3.8, 4) is 0 Å². The van der Waals surface area contributed by atoms with Gasteiger partial charge in [0.25, 0.3) is 0 Å². The van der Waals surface area contributed by atoms with Crippen LogP contribution in [-0.2, 0) is 13.5 Å². The quantitative estimate of drug-likeness (QED) is 0.930. The molecule has 0 aliphatic rings. The zero-order valence-electron chi connectivity index (χ0n) is 9.01. The van der Waals surface area contributed by atoms with E-state index in [4.69, 9.17) is 0 Å². The molecule has 1 aromatic carbocycles. The molecule has 0 spiro atoms. The van der Waals surface area contributed by atoms with Gasteiger partial charge in [-0.2, -0.15) is 4.80 Å². The molecular weight excluding hydrogens is 291 g/mol. The predicted molar refractivity (Wildman–Crippen MR) is 61.6 cm³/mol. The molecule has 1 aromatic heterocycles. The fourth-order valence-electron chi connectivity index (χ4n) is 1.46. The molecular formula is C10H10BrFN4O. The van der Waals surface area contributed by atoms with Gasteiger partial charge in [0, 0.05) is 10.9 Å². The van der Waals surface area contributed by atoms with Crippen molar-refractivity contribution >= 4 is 15.9 Å². The van der Waals surface area contributed by atoms with Crippen molar-refractivity contribution in [3.63, 3.8) is 0 Å². The smallest absolute Gasteiger partial charge is 0.177 e. The van der Waals surface area contributed by atoms with E-state index in [1.54, 1.807) is 7.05 Å². The second-order valence-corrected chi connectivity index (χ2v) is 4.44. The summed E-state index contributed by atoms with van der Waals surface area (Å²) in [6.45, 7) is 0. The number of nitrogens with zero attached hydrogens (tertiary/aromatic N) is 4. The summed E-state index contributed by atoms with van der Waals surface area (Å²) >= 11 is 3.20. The molecule has 0 radical (unpaired) electrons. The van der Waals surface area contributed by atoms with Crippen molar-refractivity contribution in [2.24, 2.45) is 7.05 Å². The van der Waals surface area contributed by atoms with E-state index < -0.39 is 6.10 Å². The number of aliphatic hydroxyl groups is 1. The van der Waals surface area contributed by atoms with E-state index in [9.17, 15) is 9.50 Å². The van der Waals surface area contributed by atoms with Crippen molar-refractivity contribution in [2.75, 3.05) is 0 Å². The fraction of sp³-hybridized carbons (Fsp3) is 0.300. The van der Waals surface area contributed by atoms with Gasteiger partial charge in [0.1, 0.15) is 5.82 Å². The number of rotatable bonds is 3. The van der Waals surface area contributed by atoms with Crippen LogP contribution in [0.15, 0.2) is 22.7 Å². The van der Waals surface area contributed by atoms with Gasteiger partial charge in [0.05, 0.1) is 13.2 Å². The average Bonchev–Trinajstić information content (AvgIpc) is 2.63. The highest BCUT2D eigenvalue weighted by Crippen LogP contribution is 2.25. The van der Waals surface area contributed by atoms with E-state index in [2.05, 4.69) is 31.3 Å². The van der Waals surface area contributed by atoms with Crippen LogP contribution in [0.3, 0.4) is 0 Å². The largest absolute Gasteiger partial charge is 0.388 e. The number of hydrogen-bond donors (Lipinski definition) is 1. The maximum absolute atomic E-state index is 12.9. The van der Waals surface area contributed by atoms with E-state index in [1.165, 1.54) is 23.0 Å². The Balaban J connectivity index is 2.17. The molecule has 0 saturated carbocycles. The zero-order chi connectivity index (χ0) is 12.4. The first-order valence-electron chi connectivity index (χ1n) is 4.92. The molecule has 0 aliphatic carbocycles. The molecule has 2 aromatic rings. The Kier molecular flexibility index (Phi) is 3.49. The summed E-state index contributed by atoms with van der Waals surface area (Å²) in [5.41, 5.74) is 0.596. The van der Waals surface area contributed by atoms with Crippen molar-refractivity contribution in [1.29, 1.82) is 0 Å². The van der Waals surface area contributed by atoms with Gasteiger partial charge in [-0.1, -0.05) is 22.0 Å². The molecule has 0 fully saturated rings. The number of aliphatic hydroxyl groups excluding tert-OH is 1. The van der Waals surface area contributed by atoms with Gasteiger partial charge >= 0.3 is 0 Å². The normalized spacial score (nSPS) is 12.7. The third-order valence-corrected chi connectivity index (χ3v) is 2.93. The Morgan fingerprint density at radius 3 is 2.88 bits per heavy atom. The third-order valence-electron chi connectivity index (χ3n) is 2.25. The van der Waals surface area contributed by atoms with Crippen molar-refractivity contribution in [1.82, 2.24) is 20.2 Å². The lowest BCUT2D eigenvalue weighted by Gasteiger charge is -2.10. The Labute approximate surface area is 105 Å². The molecule has 0 amide bonds. The number of hydrogen-bond acceptors (Lipinski definition) is 4. The van der Waals surface area contributed by atoms with Crippen molar-refractivity contribution in [3.05, 3.63) is 39.9 Å². The molecule has 0 bridgehead atoms. The highest BCUT2D eigenvalue weighted by atomic mass is 79.9. The highest BCUT2D eigenvalue weighted by Gasteiger charge is 2.15. The van der Waals surface area contributed by atoms with Crippen LogP contribution in [-0.4, -0.2) is 25.3 Å². The summed E-state index contributed by atoms with van der Waals surface area (Å²) in [5, 5.41) is 21.4. The second kappa shape index (κ2) is 4.89. The van der Waals surface area contributed by atoms with Gasteiger partial charge < -0.3 is 5.11 Å². The summed E-state index contributed by atoms with van der Waals surface area (Å²) < 4.78 is 13.4. The minimum Gasteiger partial charge on any atom is -0.388 e. The van der Waals surface area contributed by atoms with E-state index in [1.807, 2.05) is 0 Å². The number of halogens is 2. The second-order valence-electron chi connectivity index (χ2n) is 3.58. The van der Waals surface area contributed by atoms with Crippen LogP contribution in [0.4, 0.5) is 4.39 Å². The van der Waals surface area contributed by atoms with Crippen LogP contribution in [0.2, 0.25) is 0 Å². The molecule has 1 unspecified atom stereocenters. The van der Waals surface area contributed by atoms with Gasteiger partial charge in [-0.3, -0.25) is 0 Å². The monoisotopic (exact) mass is 300 g/mol.